The fourth-order valence-corrected chi connectivity index (χ4v) is 3.08. The Morgan fingerprint density at radius 2 is 1.81 bits per heavy atom. The Hall–Kier alpha value is -3.16. The first-order valence-corrected chi connectivity index (χ1v) is 9.02. The standard InChI is InChI=1S/C19H23N5O3/c1-2-17(25)22-16-6-5-14(13-15(16)18(26)27)23-9-4-10-24(12-11-23)19-20-7-3-8-21-19/h3,5-8,13H,2,4,9-12H2,1H3,(H,22,25)(H,26,27). The molecule has 0 bridgehead atoms. The van der Waals surface area contributed by atoms with E-state index in [1.165, 1.54) is 0 Å². The van der Waals surface area contributed by atoms with Crippen LogP contribution in [0.15, 0.2) is 36.7 Å². The van der Waals surface area contributed by atoms with Gasteiger partial charge in [-0.2, -0.15) is 0 Å². The van der Waals surface area contributed by atoms with E-state index in [-0.39, 0.29) is 11.5 Å². The molecule has 1 amide bonds. The summed E-state index contributed by atoms with van der Waals surface area (Å²) in [5.41, 5.74) is 1.26. The van der Waals surface area contributed by atoms with E-state index in [0.717, 1.165) is 38.3 Å². The number of carbonyl (C=O) groups excluding carboxylic acids is 1. The highest BCUT2D eigenvalue weighted by atomic mass is 16.4. The van der Waals surface area contributed by atoms with Gasteiger partial charge < -0.3 is 20.2 Å². The fourth-order valence-electron chi connectivity index (χ4n) is 3.08. The Morgan fingerprint density at radius 3 is 2.52 bits per heavy atom. The van der Waals surface area contributed by atoms with Crippen LogP contribution in [0, 0.1) is 0 Å². The molecule has 27 heavy (non-hydrogen) atoms. The number of rotatable bonds is 5. The maximum Gasteiger partial charge on any atom is 0.337 e. The van der Waals surface area contributed by atoms with Crippen LogP contribution in [0.5, 0.6) is 0 Å². The molecule has 0 spiro atoms. The molecule has 8 heteroatoms. The molecular weight excluding hydrogens is 346 g/mol. The molecule has 8 nitrogen and oxygen atoms in total. The van der Waals surface area contributed by atoms with Gasteiger partial charge in [-0.1, -0.05) is 6.92 Å². The van der Waals surface area contributed by atoms with Crippen LogP contribution < -0.4 is 15.1 Å². The molecule has 0 atom stereocenters. The number of nitrogens with zero attached hydrogens (tertiary/aromatic N) is 4. The van der Waals surface area contributed by atoms with Crippen molar-refractivity contribution in [2.75, 3.05) is 41.3 Å². The first-order valence-electron chi connectivity index (χ1n) is 9.02. The summed E-state index contributed by atoms with van der Waals surface area (Å²) < 4.78 is 0. The van der Waals surface area contributed by atoms with Gasteiger partial charge in [-0.05, 0) is 30.7 Å². The van der Waals surface area contributed by atoms with Crippen molar-refractivity contribution in [3.63, 3.8) is 0 Å². The first-order chi connectivity index (χ1) is 13.1. The molecule has 1 aromatic carbocycles. The zero-order valence-electron chi connectivity index (χ0n) is 15.3. The second-order valence-electron chi connectivity index (χ2n) is 6.31. The lowest BCUT2D eigenvalue weighted by molar-refractivity contribution is -0.115. The molecule has 142 valence electrons. The molecule has 2 heterocycles. The molecule has 1 aliphatic heterocycles. The fraction of sp³-hybridized carbons (Fsp3) is 0.368. The third-order valence-corrected chi connectivity index (χ3v) is 4.52. The lowest BCUT2D eigenvalue weighted by atomic mass is 10.1. The SMILES string of the molecule is CCC(=O)Nc1ccc(N2CCCN(c3ncccn3)CC2)cc1C(=O)O. The average molecular weight is 369 g/mol. The summed E-state index contributed by atoms with van der Waals surface area (Å²) in [5, 5.41) is 12.2. The van der Waals surface area contributed by atoms with Crippen LogP contribution in [0.1, 0.15) is 30.1 Å². The van der Waals surface area contributed by atoms with E-state index in [9.17, 15) is 14.7 Å². The van der Waals surface area contributed by atoms with Crippen molar-refractivity contribution in [1.29, 1.82) is 0 Å². The average Bonchev–Trinajstić information content (AvgIpc) is 2.95. The van der Waals surface area contributed by atoms with E-state index in [4.69, 9.17) is 0 Å². The minimum atomic E-state index is -1.06. The van der Waals surface area contributed by atoms with Gasteiger partial charge in [0.2, 0.25) is 11.9 Å². The summed E-state index contributed by atoms with van der Waals surface area (Å²) in [6.07, 6.45) is 4.67. The molecule has 1 fully saturated rings. The highest BCUT2D eigenvalue weighted by Gasteiger charge is 2.19. The molecule has 2 aromatic rings. The number of hydrogen-bond donors (Lipinski definition) is 2. The van der Waals surface area contributed by atoms with Crippen molar-refractivity contribution >= 4 is 29.2 Å². The van der Waals surface area contributed by atoms with Gasteiger partial charge in [0.25, 0.3) is 0 Å². The van der Waals surface area contributed by atoms with E-state index < -0.39 is 5.97 Å². The molecule has 2 N–H and O–H groups in total. The predicted octanol–water partition coefficient (Wildman–Crippen LogP) is 2.24. The van der Waals surface area contributed by atoms with Gasteiger partial charge >= 0.3 is 5.97 Å². The largest absolute Gasteiger partial charge is 0.478 e. The second-order valence-corrected chi connectivity index (χ2v) is 6.31. The smallest absolute Gasteiger partial charge is 0.337 e. The van der Waals surface area contributed by atoms with Gasteiger partial charge in [0.1, 0.15) is 0 Å². The van der Waals surface area contributed by atoms with E-state index in [0.29, 0.717) is 18.1 Å². The maximum absolute atomic E-state index is 11.6. The minimum absolute atomic E-state index is 0.0989. The third kappa shape index (κ3) is 4.52. The van der Waals surface area contributed by atoms with Gasteiger partial charge in [-0.15, -0.1) is 0 Å². The van der Waals surface area contributed by atoms with E-state index >= 15 is 0 Å². The molecule has 0 radical (unpaired) electrons. The summed E-state index contributed by atoms with van der Waals surface area (Å²) in [5.74, 6) is -0.556. The molecule has 1 aromatic heterocycles. The number of aromatic carboxylic acids is 1. The maximum atomic E-state index is 11.6. The van der Waals surface area contributed by atoms with Crippen molar-refractivity contribution in [3.05, 3.63) is 42.2 Å². The lowest BCUT2D eigenvalue weighted by Gasteiger charge is -2.24. The highest BCUT2D eigenvalue weighted by Crippen LogP contribution is 2.25. The Balaban J connectivity index is 1.77. The number of carbonyl (C=O) groups is 2. The number of amides is 1. The molecule has 0 aliphatic carbocycles. The summed E-state index contributed by atoms with van der Waals surface area (Å²) in [7, 11) is 0. The van der Waals surface area contributed by atoms with Crippen LogP contribution in [0.25, 0.3) is 0 Å². The van der Waals surface area contributed by atoms with Crippen molar-refractivity contribution in [3.8, 4) is 0 Å². The summed E-state index contributed by atoms with van der Waals surface area (Å²) in [6, 6.07) is 6.93. The summed E-state index contributed by atoms with van der Waals surface area (Å²) in [6.45, 7) is 4.86. The van der Waals surface area contributed by atoms with Gasteiger partial charge in [0.05, 0.1) is 11.3 Å². The molecule has 3 rings (SSSR count). The van der Waals surface area contributed by atoms with Crippen LogP contribution in [-0.4, -0.2) is 53.1 Å². The number of hydrogen-bond acceptors (Lipinski definition) is 6. The molecule has 1 aliphatic rings. The molecular formula is C19H23N5O3. The zero-order chi connectivity index (χ0) is 19.2. The van der Waals surface area contributed by atoms with E-state index in [1.807, 2.05) is 6.07 Å². The third-order valence-electron chi connectivity index (χ3n) is 4.52. The molecule has 0 unspecified atom stereocenters. The minimum Gasteiger partial charge on any atom is -0.478 e. The normalized spacial score (nSPS) is 14.6. The van der Waals surface area contributed by atoms with Gasteiger partial charge in [0, 0.05) is 50.7 Å². The number of carboxylic acids is 1. The Bertz CT molecular complexity index is 812. The highest BCUT2D eigenvalue weighted by molar-refractivity contribution is 6.01. The second kappa shape index (κ2) is 8.48. The zero-order valence-corrected chi connectivity index (χ0v) is 15.3. The van der Waals surface area contributed by atoms with Gasteiger partial charge in [0.15, 0.2) is 0 Å². The Morgan fingerprint density at radius 1 is 1.11 bits per heavy atom. The monoisotopic (exact) mass is 369 g/mol. The van der Waals surface area contributed by atoms with Crippen LogP contribution in [-0.2, 0) is 4.79 Å². The van der Waals surface area contributed by atoms with Crippen molar-refractivity contribution < 1.29 is 14.7 Å². The van der Waals surface area contributed by atoms with Crippen LogP contribution >= 0.6 is 0 Å². The Kier molecular flexibility index (Phi) is 5.85. The van der Waals surface area contributed by atoms with Gasteiger partial charge in [-0.3, -0.25) is 4.79 Å². The molecule has 1 saturated heterocycles. The summed E-state index contributed by atoms with van der Waals surface area (Å²) in [4.78, 5) is 36.2. The number of aromatic nitrogens is 2. The number of anilines is 3. The van der Waals surface area contributed by atoms with Crippen molar-refractivity contribution in [2.24, 2.45) is 0 Å². The number of benzene rings is 1. The van der Waals surface area contributed by atoms with Crippen molar-refractivity contribution in [2.45, 2.75) is 19.8 Å². The van der Waals surface area contributed by atoms with Gasteiger partial charge in [-0.25, -0.2) is 14.8 Å². The number of carboxylic acid groups (broad SMARTS) is 1. The first kappa shape index (κ1) is 18.6. The quantitative estimate of drug-likeness (QED) is 0.834. The Labute approximate surface area is 157 Å². The molecule has 0 saturated carbocycles. The van der Waals surface area contributed by atoms with Crippen LogP contribution in [0.2, 0.25) is 0 Å². The van der Waals surface area contributed by atoms with E-state index in [2.05, 4.69) is 25.1 Å². The lowest BCUT2D eigenvalue weighted by Crippen LogP contribution is -2.31. The van der Waals surface area contributed by atoms with Crippen LogP contribution in [0.3, 0.4) is 0 Å². The summed E-state index contributed by atoms with van der Waals surface area (Å²) >= 11 is 0. The predicted molar refractivity (Wildman–Crippen MR) is 103 cm³/mol. The topological polar surface area (TPSA) is 98.7 Å². The number of nitrogens with one attached hydrogen (secondary N) is 1. The van der Waals surface area contributed by atoms with E-state index in [1.54, 1.807) is 37.5 Å². The van der Waals surface area contributed by atoms with Crippen molar-refractivity contribution in [1.82, 2.24) is 9.97 Å². The van der Waals surface area contributed by atoms with Crippen LogP contribution in [0.4, 0.5) is 17.3 Å².